The molecule has 12 nitrogen and oxygen atoms in total. The van der Waals surface area contributed by atoms with Crippen LogP contribution in [0.5, 0.6) is 0 Å². The molecule has 0 radical (unpaired) electrons. The van der Waals surface area contributed by atoms with E-state index in [1.54, 1.807) is 0 Å². The van der Waals surface area contributed by atoms with Crippen molar-refractivity contribution in [3.05, 3.63) is 36.4 Å². The second-order valence-corrected chi connectivity index (χ2v) is 10.8. The molecule has 2 aromatic carbocycles. The quantitative estimate of drug-likeness (QED) is 0.431. The summed E-state index contributed by atoms with van der Waals surface area (Å²) in [5.41, 5.74) is -0.487. The molecule has 0 saturated carbocycles. The van der Waals surface area contributed by atoms with Gasteiger partial charge in [0.2, 0.25) is 0 Å². The van der Waals surface area contributed by atoms with Crippen LogP contribution in [0.15, 0.2) is 56.0 Å². The fourth-order valence-electron chi connectivity index (χ4n) is 2.20. The molecule has 0 aromatic heterocycles. The van der Waals surface area contributed by atoms with Crippen LogP contribution in [-0.4, -0.2) is 51.9 Å². The highest BCUT2D eigenvalue weighted by atomic mass is 32.2. The summed E-state index contributed by atoms with van der Waals surface area (Å²) in [5, 5.41) is 0. The Morgan fingerprint density at radius 1 is 0.429 bits per heavy atom. The summed E-state index contributed by atoms with van der Waals surface area (Å²) in [6, 6.07) is 4.14. The van der Waals surface area contributed by atoms with Crippen LogP contribution >= 0.6 is 0 Å². The maximum Gasteiger partial charge on any atom is 0.295 e. The Balaban J connectivity index is 2.87. The van der Waals surface area contributed by atoms with Crippen molar-refractivity contribution in [3.8, 4) is 11.1 Å². The Morgan fingerprint density at radius 3 is 0.893 bits per heavy atom. The molecule has 0 fully saturated rings. The highest BCUT2D eigenvalue weighted by molar-refractivity contribution is 7.89. The van der Waals surface area contributed by atoms with Gasteiger partial charge in [-0.05, 0) is 35.4 Å². The smallest absolute Gasteiger partial charge is 0.282 e. The number of hydrogen-bond donors (Lipinski definition) is 4. The molecule has 0 amide bonds. The van der Waals surface area contributed by atoms with Gasteiger partial charge in [-0.2, -0.15) is 33.7 Å². The van der Waals surface area contributed by atoms with Gasteiger partial charge in [0.1, 0.15) is 19.6 Å². The van der Waals surface area contributed by atoms with Crippen LogP contribution in [0.2, 0.25) is 0 Å². The number of rotatable bonds is 5. The molecule has 0 aliphatic carbocycles. The van der Waals surface area contributed by atoms with Gasteiger partial charge in [-0.3, -0.25) is 18.2 Å². The molecular weight excluding hydrogens is 464 g/mol. The third kappa shape index (κ3) is 4.73. The molecule has 28 heavy (non-hydrogen) atoms. The van der Waals surface area contributed by atoms with E-state index < -0.39 is 60.1 Å². The molecule has 0 unspecified atom stereocenters. The zero-order chi connectivity index (χ0) is 21.7. The summed E-state index contributed by atoms with van der Waals surface area (Å²) < 4.78 is 127. The molecule has 0 saturated heterocycles. The molecule has 4 N–H and O–H groups in total. The van der Waals surface area contributed by atoms with E-state index in [1.165, 1.54) is 0 Å². The van der Waals surface area contributed by atoms with Crippen LogP contribution in [0.25, 0.3) is 11.1 Å². The third-order valence-corrected chi connectivity index (χ3v) is 7.20. The van der Waals surface area contributed by atoms with E-state index in [1.807, 2.05) is 0 Å². The predicted molar refractivity (Wildman–Crippen MR) is 91.1 cm³/mol. The van der Waals surface area contributed by atoms with Gasteiger partial charge in [-0.15, -0.1) is 0 Å². The minimum atomic E-state index is -5.16. The first kappa shape index (κ1) is 22.4. The van der Waals surface area contributed by atoms with Crippen molar-refractivity contribution < 1.29 is 51.9 Å². The first-order valence-corrected chi connectivity index (χ1v) is 12.4. The summed E-state index contributed by atoms with van der Waals surface area (Å²) in [4.78, 5) is -4.80. The van der Waals surface area contributed by atoms with Crippen molar-refractivity contribution in [3.63, 3.8) is 0 Å². The Labute approximate surface area is 159 Å². The van der Waals surface area contributed by atoms with Crippen molar-refractivity contribution in [1.29, 1.82) is 0 Å². The van der Waals surface area contributed by atoms with Gasteiger partial charge < -0.3 is 0 Å². The van der Waals surface area contributed by atoms with Crippen LogP contribution in [0, 0.1) is 0 Å². The Hall–Kier alpha value is -1.92. The SMILES string of the molecule is O=S(=O)(O)c1ccc(-c2ccc(S(=O)(=O)O)c(S(=O)(=O)O)c2)cc1S(=O)(=O)O. The average Bonchev–Trinajstić information content (AvgIpc) is 2.50. The van der Waals surface area contributed by atoms with E-state index >= 15 is 0 Å². The summed E-state index contributed by atoms with van der Waals surface area (Å²) >= 11 is 0. The van der Waals surface area contributed by atoms with E-state index in [2.05, 4.69) is 0 Å². The molecule has 0 heterocycles. The number of hydrogen-bond acceptors (Lipinski definition) is 8. The lowest BCUT2D eigenvalue weighted by atomic mass is 10.1. The monoisotopic (exact) mass is 474 g/mol. The molecule has 0 aliphatic heterocycles. The molecule has 2 rings (SSSR count). The van der Waals surface area contributed by atoms with Crippen molar-refractivity contribution >= 4 is 40.5 Å². The summed E-state index contributed by atoms with van der Waals surface area (Å²) in [7, 11) is -20.4. The Kier molecular flexibility index (Phi) is 5.47. The highest BCUT2D eigenvalue weighted by Gasteiger charge is 2.27. The first-order chi connectivity index (χ1) is 12.4. The third-order valence-electron chi connectivity index (χ3n) is 3.33. The van der Waals surface area contributed by atoms with Gasteiger partial charge >= 0.3 is 0 Å². The van der Waals surface area contributed by atoms with Gasteiger partial charge in [0, 0.05) is 0 Å². The number of benzene rings is 2. The normalized spacial score (nSPS) is 13.4. The molecule has 2 aromatic rings. The van der Waals surface area contributed by atoms with Gasteiger partial charge in [-0.1, -0.05) is 12.1 Å². The van der Waals surface area contributed by atoms with Crippen LogP contribution in [0.4, 0.5) is 0 Å². The van der Waals surface area contributed by atoms with Gasteiger partial charge in [0.05, 0.1) is 0 Å². The predicted octanol–water partition coefficient (Wildman–Crippen LogP) is 0.340. The standard InChI is InChI=1S/C12H10O12S4/c13-25(14,15)9-3-1-7(5-11(9)27(19,20)21)8-2-4-10(26(16,17)18)12(6-8)28(22,23)24/h1-6H,(H,13,14,15)(H,16,17,18)(H,19,20,21)(H,22,23,24). The van der Waals surface area contributed by atoms with Crippen LogP contribution < -0.4 is 0 Å². The molecular formula is C12H10O12S4. The van der Waals surface area contributed by atoms with Crippen LogP contribution in [0.1, 0.15) is 0 Å². The molecule has 154 valence electrons. The van der Waals surface area contributed by atoms with E-state index in [-0.39, 0.29) is 11.1 Å². The van der Waals surface area contributed by atoms with Crippen LogP contribution in [0.3, 0.4) is 0 Å². The van der Waals surface area contributed by atoms with Crippen molar-refractivity contribution in [2.75, 3.05) is 0 Å². The van der Waals surface area contributed by atoms with Gasteiger partial charge in [0.15, 0.2) is 0 Å². The average molecular weight is 474 g/mol. The van der Waals surface area contributed by atoms with E-state index in [4.69, 9.17) is 9.11 Å². The Morgan fingerprint density at radius 2 is 0.679 bits per heavy atom. The Bertz CT molecular complexity index is 1270. The van der Waals surface area contributed by atoms with E-state index in [9.17, 15) is 42.8 Å². The summed E-state index contributed by atoms with van der Waals surface area (Å²) in [6.45, 7) is 0. The molecule has 16 heteroatoms. The van der Waals surface area contributed by atoms with E-state index in [0.29, 0.717) is 24.3 Å². The van der Waals surface area contributed by atoms with Gasteiger partial charge in [-0.25, -0.2) is 0 Å². The summed E-state index contributed by atoms with van der Waals surface area (Å²) in [6.07, 6.45) is 0. The first-order valence-electron chi connectivity index (χ1n) is 6.61. The lowest BCUT2D eigenvalue weighted by molar-refractivity contribution is 0.466. The lowest BCUT2D eigenvalue weighted by Gasteiger charge is -2.10. The van der Waals surface area contributed by atoms with E-state index in [0.717, 1.165) is 12.1 Å². The fourth-order valence-corrected chi connectivity index (χ4v) is 5.77. The zero-order valence-electron chi connectivity index (χ0n) is 13.2. The van der Waals surface area contributed by atoms with Crippen molar-refractivity contribution in [2.24, 2.45) is 0 Å². The lowest BCUT2D eigenvalue weighted by Crippen LogP contribution is -2.09. The molecule has 0 bridgehead atoms. The van der Waals surface area contributed by atoms with Crippen LogP contribution in [-0.2, 0) is 40.5 Å². The molecule has 0 atom stereocenters. The molecule has 0 aliphatic rings. The minimum absolute atomic E-state index is 0.244. The largest absolute Gasteiger partial charge is 0.295 e. The van der Waals surface area contributed by atoms with Crippen molar-refractivity contribution in [2.45, 2.75) is 19.6 Å². The maximum atomic E-state index is 11.4. The molecule has 0 spiro atoms. The summed E-state index contributed by atoms with van der Waals surface area (Å²) in [5.74, 6) is 0. The minimum Gasteiger partial charge on any atom is -0.282 e. The topological polar surface area (TPSA) is 217 Å². The fraction of sp³-hybridized carbons (Fsp3) is 0. The van der Waals surface area contributed by atoms with Gasteiger partial charge in [0.25, 0.3) is 40.5 Å². The second kappa shape index (κ2) is 6.85. The maximum absolute atomic E-state index is 11.4. The van der Waals surface area contributed by atoms with Crippen molar-refractivity contribution in [1.82, 2.24) is 0 Å². The zero-order valence-corrected chi connectivity index (χ0v) is 16.4. The second-order valence-electron chi connectivity index (χ2n) is 5.22. The highest BCUT2D eigenvalue weighted by Crippen LogP contribution is 2.31.